The molecule has 3 atom stereocenters. The van der Waals surface area contributed by atoms with Crippen LogP contribution >= 0.6 is 12.2 Å². The molecule has 0 spiro atoms. The highest BCUT2D eigenvalue weighted by Crippen LogP contribution is 2.29. The highest BCUT2D eigenvalue weighted by Gasteiger charge is 2.41. The fourth-order valence-electron chi connectivity index (χ4n) is 2.37. The molecule has 5 N–H and O–H groups in total. The molecule has 23 heavy (non-hydrogen) atoms. The van der Waals surface area contributed by atoms with Crippen molar-refractivity contribution in [3.8, 4) is 0 Å². The van der Waals surface area contributed by atoms with Crippen molar-refractivity contribution in [2.24, 2.45) is 17.3 Å². The molecular formula is C15H29N3O4S. The molecule has 134 valence electrons. The molecule has 3 unspecified atom stereocenters. The maximum atomic E-state index is 12.6. The van der Waals surface area contributed by atoms with Crippen LogP contribution in [0.25, 0.3) is 0 Å². The zero-order chi connectivity index (χ0) is 18.4. The van der Waals surface area contributed by atoms with Crippen molar-refractivity contribution in [1.82, 2.24) is 16.1 Å². The first kappa shape index (κ1) is 21.8. The molecule has 0 aromatic carbocycles. The average molecular weight is 347 g/mol. The summed E-state index contributed by atoms with van der Waals surface area (Å²) in [5.41, 5.74) is 0.690. The highest BCUT2D eigenvalue weighted by atomic mass is 32.1. The Labute approximate surface area is 143 Å². The SMILES string of the molecule is CNC(=S)C(CC(C)C)NC(=O)C(C(O)C(=O)NO)C(C)(C)C. The summed E-state index contributed by atoms with van der Waals surface area (Å²) < 4.78 is 0. The van der Waals surface area contributed by atoms with Gasteiger partial charge in [-0.25, -0.2) is 5.48 Å². The summed E-state index contributed by atoms with van der Waals surface area (Å²) in [5.74, 6) is -2.25. The normalized spacial score (nSPS) is 15.5. The number of amides is 2. The van der Waals surface area contributed by atoms with Gasteiger partial charge in [-0.2, -0.15) is 0 Å². The van der Waals surface area contributed by atoms with Crippen molar-refractivity contribution in [3.05, 3.63) is 0 Å². The second-order valence-electron chi connectivity index (χ2n) is 7.07. The topological polar surface area (TPSA) is 111 Å². The quantitative estimate of drug-likeness (QED) is 0.262. The van der Waals surface area contributed by atoms with E-state index in [1.807, 2.05) is 13.8 Å². The molecule has 0 radical (unpaired) electrons. The molecule has 0 aliphatic heterocycles. The van der Waals surface area contributed by atoms with Crippen LogP contribution < -0.4 is 16.1 Å². The number of carbonyl (C=O) groups excluding carboxylic acids is 2. The Hall–Kier alpha value is -1.25. The standard InChI is InChI=1S/C15H29N3O4S/c1-8(2)7-9(14(23)16-6)17-12(20)10(15(3,4)5)11(19)13(21)18-22/h8-11,19,22H,7H2,1-6H3,(H,16,23)(H,17,20)(H,18,21). The van der Waals surface area contributed by atoms with Gasteiger partial charge in [-0.15, -0.1) is 0 Å². The van der Waals surface area contributed by atoms with E-state index < -0.39 is 35.3 Å². The molecular weight excluding hydrogens is 318 g/mol. The first-order chi connectivity index (χ1) is 10.4. The van der Waals surface area contributed by atoms with Crippen LogP contribution in [0.4, 0.5) is 0 Å². The second kappa shape index (κ2) is 9.14. The minimum absolute atomic E-state index is 0.297. The van der Waals surface area contributed by atoms with Crippen molar-refractivity contribution in [3.63, 3.8) is 0 Å². The van der Waals surface area contributed by atoms with Gasteiger partial charge in [-0.3, -0.25) is 14.8 Å². The predicted molar refractivity (Wildman–Crippen MR) is 91.9 cm³/mol. The molecule has 0 heterocycles. The third-order valence-corrected chi connectivity index (χ3v) is 3.99. The Balaban J connectivity index is 5.36. The van der Waals surface area contributed by atoms with Gasteiger partial charge in [-0.1, -0.05) is 46.8 Å². The minimum Gasteiger partial charge on any atom is -0.382 e. The van der Waals surface area contributed by atoms with Crippen LogP contribution in [0.1, 0.15) is 41.0 Å². The molecule has 0 aromatic heterocycles. The van der Waals surface area contributed by atoms with Gasteiger partial charge in [0.1, 0.15) is 6.10 Å². The Morgan fingerprint density at radius 1 is 1.17 bits per heavy atom. The number of aliphatic hydroxyl groups excluding tert-OH is 1. The predicted octanol–water partition coefficient (Wildman–Crippen LogP) is 0.593. The van der Waals surface area contributed by atoms with Gasteiger partial charge in [0.2, 0.25) is 5.91 Å². The van der Waals surface area contributed by atoms with E-state index in [0.717, 1.165) is 0 Å². The number of carbonyl (C=O) groups is 2. The van der Waals surface area contributed by atoms with E-state index in [4.69, 9.17) is 17.4 Å². The van der Waals surface area contributed by atoms with E-state index in [-0.39, 0.29) is 0 Å². The second-order valence-corrected chi connectivity index (χ2v) is 7.51. The lowest BCUT2D eigenvalue weighted by Gasteiger charge is -2.34. The van der Waals surface area contributed by atoms with Crippen LogP contribution in [-0.2, 0) is 9.59 Å². The molecule has 0 saturated heterocycles. The molecule has 0 aromatic rings. The van der Waals surface area contributed by atoms with Crippen LogP contribution in [-0.4, -0.2) is 46.3 Å². The van der Waals surface area contributed by atoms with Gasteiger partial charge in [0, 0.05) is 7.05 Å². The Morgan fingerprint density at radius 3 is 2.04 bits per heavy atom. The lowest BCUT2D eigenvalue weighted by molar-refractivity contribution is -0.150. The van der Waals surface area contributed by atoms with Gasteiger partial charge in [0.15, 0.2) is 0 Å². The third-order valence-electron chi connectivity index (χ3n) is 3.50. The van der Waals surface area contributed by atoms with Crippen molar-refractivity contribution >= 4 is 29.0 Å². The van der Waals surface area contributed by atoms with Crippen LogP contribution in [0.2, 0.25) is 0 Å². The maximum Gasteiger partial charge on any atom is 0.272 e. The zero-order valence-corrected chi connectivity index (χ0v) is 15.5. The van der Waals surface area contributed by atoms with Crippen LogP contribution in [0, 0.1) is 17.3 Å². The molecule has 8 heteroatoms. The fourth-order valence-corrected chi connectivity index (χ4v) is 2.52. The molecule has 0 fully saturated rings. The number of aliphatic hydroxyl groups is 1. The van der Waals surface area contributed by atoms with Crippen molar-refractivity contribution in [2.45, 2.75) is 53.2 Å². The lowest BCUT2D eigenvalue weighted by Crippen LogP contribution is -2.54. The summed E-state index contributed by atoms with van der Waals surface area (Å²) in [6, 6.07) is -0.392. The van der Waals surface area contributed by atoms with Crippen molar-refractivity contribution < 1.29 is 19.9 Å². The van der Waals surface area contributed by atoms with Crippen LogP contribution in [0.5, 0.6) is 0 Å². The van der Waals surface area contributed by atoms with Gasteiger partial charge in [0.05, 0.1) is 16.9 Å². The molecule has 0 bridgehead atoms. The average Bonchev–Trinajstić information content (AvgIpc) is 2.42. The number of likely N-dealkylation sites (N-methyl/N-ethyl adjacent to an activating group) is 1. The Kier molecular flexibility index (Phi) is 8.65. The number of hydrogen-bond donors (Lipinski definition) is 5. The van der Waals surface area contributed by atoms with Crippen molar-refractivity contribution in [2.75, 3.05) is 7.05 Å². The third kappa shape index (κ3) is 6.80. The van der Waals surface area contributed by atoms with Gasteiger partial charge < -0.3 is 15.7 Å². The zero-order valence-electron chi connectivity index (χ0n) is 14.6. The number of nitrogens with one attached hydrogen (secondary N) is 3. The number of thiocarbonyl (C=S) groups is 1. The van der Waals surface area contributed by atoms with E-state index >= 15 is 0 Å². The summed E-state index contributed by atoms with van der Waals surface area (Å²) in [4.78, 5) is 24.7. The maximum absolute atomic E-state index is 12.6. The lowest BCUT2D eigenvalue weighted by atomic mass is 9.76. The number of rotatable bonds is 7. The summed E-state index contributed by atoms with van der Waals surface area (Å²) in [6.07, 6.45) is -1.03. The first-order valence-corrected chi connectivity index (χ1v) is 8.00. The van der Waals surface area contributed by atoms with Crippen LogP contribution in [0.3, 0.4) is 0 Å². The van der Waals surface area contributed by atoms with E-state index in [0.29, 0.717) is 17.3 Å². The summed E-state index contributed by atoms with van der Waals surface area (Å²) in [5, 5.41) is 24.5. The van der Waals surface area contributed by atoms with Gasteiger partial charge in [0.25, 0.3) is 5.91 Å². The van der Waals surface area contributed by atoms with Crippen LogP contribution in [0.15, 0.2) is 0 Å². The summed E-state index contributed by atoms with van der Waals surface area (Å²) >= 11 is 5.23. The van der Waals surface area contributed by atoms with E-state index in [1.165, 1.54) is 5.48 Å². The monoisotopic (exact) mass is 347 g/mol. The molecule has 7 nitrogen and oxygen atoms in total. The minimum atomic E-state index is -1.66. The number of hydroxylamine groups is 1. The molecule has 0 aliphatic carbocycles. The van der Waals surface area contributed by atoms with Gasteiger partial charge >= 0.3 is 0 Å². The molecule has 0 aliphatic rings. The Morgan fingerprint density at radius 2 is 1.70 bits per heavy atom. The van der Waals surface area contributed by atoms with E-state index in [9.17, 15) is 14.7 Å². The summed E-state index contributed by atoms with van der Waals surface area (Å²) in [7, 11) is 1.68. The molecule has 0 saturated carbocycles. The van der Waals surface area contributed by atoms with Gasteiger partial charge in [-0.05, 0) is 17.8 Å². The summed E-state index contributed by atoms with van der Waals surface area (Å²) in [6.45, 7) is 9.22. The Bertz CT molecular complexity index is 435. The fraction of sp³-hybridized carbons (Fsp3) is 0.800. The molecule has 2 amide bonds. The largest absolute Gasteiger partial charge is 0.382 e. The molecule has 0 rings (SSSR count). The smallest absolute Gasteiger partial charge is 0.272 e. The van der Waals surface area contributed by atoms with E-state index in [2.05, 4.69) is 10.6 Å². The number of hydrogen-bond acceptors (Lipinski definition) is 5. The van der Waals surface area contributed by atoms with Crippen molar-refractivity contribution in [1.29, 1.82) is 0 Å². The van der Waals surface area contributed by atoms with E-state index in [1.54, 1.807) is 27.8 Å². The first-order valence-electron chi connectivity index (χ1n) is 7.59. The highest BCUT2D eigenvalue weighted by molar-refractivity contribution is 7.80.